The molecule has 1 N–H and O–H groups in total. The molecule has 0 aromatic heterocycles. The van der Waals surface area contributed by atoms with E-state index in [0.717, 1.165) is 4.47 Å². The van der Waals surface area contributed by atoms with Gasteiger partial charge in [0.1, 0.15) is 12.8 Å². The zero-order valence-corrected chi connectivity index (χ0v) is 12.1. The van der Waals surface area contributed by atoms with Gasteiger partial charge in [-0.25, -0.2) is 12.8 Å². The van der Waals surface area contributed by atoms with Crippen LogP contribution in [-0.2, 0) is 14.6 Å². The molecule has 1 aromatic rings. The van der Waals surface area contributed by atoms with E-state index in [-0.39, 0.29) is 4.90 Å². The number of aliphatic hydroxyl groups excluding tert-OH is 1. The fraction of sp³-hybridized carbons (Fsp3) is 0.455. The van der Waals surface area contributed by atoms with Crippen LogP contribution in [0.15, 0.2) is 33.6 Å². The summed E-state index contributed by atoms with van der Waals surface area (Å²) in [5.74, 6) is 0. The van der Waals surface area contributed by atoms with E-state index in [0.29, 0.717) is 0 Å². The van der Waals surface area contributed by atoms with Gasteiger partial charge in [-0.1, -0.05) is 15.9 Å². The van der Waals surface area contributed by atoms with E-state index < -0.39 is 34.7 Å². The molecule has 0 heterocycles. The lowest BCUT2D eigenvalue weighted by molar-refractivity contribution is -0.0114. The highest BCUT2D eigenvalue weighted by molar-refractivity contribution is 9.10. The van der Waals surface area contributed by atoms with E-state index in [1.54, 1.807) is 12.1 Å². The molecule has 4 nitrogen and oxygen atoms in total. The van der Waals surface area contributed by atoms with Crippen molar-refractivity contribution >= 4 is 25.8 Å². The van der Waals surface area contributed by atoms with E-state index in [4.69, 9.17) is 9.84 Å². The molecule has 0 fully saturated rings. The molecule has 0 aliphatic rings. The van der Waals surface area contributed by atoms with Crippen LogP contribution in [0.3, 0.4) is 0 Å². The van der Waals surface area contributed by atoms with Crippen molar-refractivity contribution in [2.75, 3.05) is 13.3 Å². The molecule has 7 heteroatoms. The largest absolute Gasteiger partial charge is 0.394 e. The molecule has 1 rings (SSSR count). The Bertz CT molecular complexity index is 470. The molecule has 2 unspecified atom stereocenters. The van der Waals surface area contributed by atoms with Crippen LogP contribution in [-0.4, -0.2) is 38.3 Å². The van der Waals surface area contributed by atoms with Gasteiger partial charge in [0.2, 0.25) is 9.84 Å². The molecule has 0 radical (unpaired) electrons. The van der Waals surface area contributed by atoms with Gasteiger partial charge in [-0.05, 0) is 31.2 Å². The molecule has 0 aliphatic carbocycles. The van der Waals surface area contributed by atoms with E-state index >= 15 is 0 Å². The summed E-state index contributed by atoms with van der Waals surface area (Å²) in [7, 11) is -3.69. The Morgan fingerprint density at radius 1 is 1.39 bits per heavy atom. The van der Waals surface area contributed by atoms with Gasteiger partial charge in [0.25, 0.3) is 0 Å². The molecule has 0 amide bonds. The first-order valence-corrected chi connectivity index (χ1v) is 7.57. The quantitative estimate of drug-likeness (QED) is 0.859. The Balaban J connectivity index is 2.89. The fourth-order valence-electron chi connectivity index (χ4n) is 1.29. The van der Waals surface area contributed by atoms with Crippen LogP contribution in [0, 0.1) is 0 Å². The van der Waals surface area contributed by atoms with E-state index in [1.807, 2.05) is 0 Å². The minimum Gasteiger partial charge on any atom is -0.394 e. The standard InChI is InChI=1S/C11H14BrFO4S/c1-8(17-10(6-13)7-14)18(15,16)11-4-2-9(12)3-5-11/h2-5,8,10,14H,6-7H2,1H3. The first-order chi connectivity index (χ1) is 8.41. The van der Waals surface area contributed by atoms with Crippen molar-refractivity contribution in [3.05, 3.63) is 28.7 Å². The second-order valence-electron chi connectivity index (χ2n) is 3.66. The summed E-state index contributed by atoms with van der Waals surface area (Å²) >= 11 is 3.20. The zero-order valence-electron chi connectivity index (χ0n) is 9.71. The number of aliphatic hydroxyl groups is 1. The second kappa shape index (κ2) is 6.60. The van der Waals surface area contributed by atoms with Crippen LogP contribution in [0.4, 0.5) is 4.39 Å². The van der Waals surface area contributed by atoms with Gasteiger partial charge in [0, 0.05) is 4.47 Å². The van der Waals surface area contributed by atoms with Gasteiger partial charge in [-0.15, -0.1) is 0 Å². The van der Waals surface area contributed by atoms with Crippen molar-refractivity contribution in [3.8, 4) is 0 Å². The minimum absolute atomic E-state index is 0.0914. The second-order valence-corrected chi connectivity index (χ2v) is 6.80. The summed E-state index contributed by atoms with van der Waals surface area (Å²) in [6.07, 6.45) is -1.12. The van der Waals surface area contributed by atoms with E-state index in [2.05, 4.69) is 15.9 Å². The predicted molar refractivity (Wildman–Crippen MR) is 68.7 cm³/mol. The van der Waals surface area contributed by atoms with Gasteiger partial charge < -0.3 is 9.84 Å². The molecular formula is C11H14BrFO4S. The molecule has 1 aromatic carbocycles. The molecule has 102 valence electrons. The highest BCUT2D eigenvalue weighted by Gasteiger charge is 2.26. The van der Waals surface area contributed by atoms with E-state index in [1.165, 1.54) is 19.1 Å². The number of sulfone groups is 1. The van der Waals surface area contributed by atoms with Gasteiger partial charge in [0.05, 0.1) is 11.5 Å². The maximum Gasteiger partial charge on any atom is 0.204 e. The van der Waals surface area contributed by atoms with Crippen LogP contribution in [0.5, 0.6) is 0 Å². The summed E-state index contributed by atoms with van der Waals surface area (Å²) < 4.78 is 42.2. The molecule has 2 atom stereocenters. The Morgan fingerprint density at radius 3 is 2.39 bits per heavy atom. The summed E-state index contributed by atoms with van der Waals surface area (Å²) in [5, 5.41) is 8.78. The third-order valence-corrected chi connectivity index (χ3v) is 4.78. The first kappa shape index (κ1) is 15.6. The number of ether oxygens (including phenoxy) is 1. The Kier molecular flexibility index (Phi) is 5.71. The summed E-state index contributed by atoms with van der Waals surface area (Å²) in [6.45, 7) is -0.177. The van der Waals surface area contributed by atoms with Crippen molar-refractivity contribution < 1.29 is 22.7 Å². The van der Waals surface area contributed by atoms with Crippen molar-refractivity contribution in [2.45, 2.75) is 23.4 Å². The van der Waals surface area contributed by atoms with Crippen LogP contribution < -0.4 is 0 Å². The Morgan fingerprint density at radius 2 is 1.94 bits per heavy atom. The summed E-state index contributed by atoms with van der Waals surface area (Å²) in [4.78, 5) is 0.0914. The average Bonchev–Trinajstić information content (AvgIpc) is 2.36. The average molecular weight is 341 g/mol. The molecular weight excluding hydrogens is 327 g/mol. The molecule has 0 aliphatic heterocycles. The predicted octanol–water partition coefficient (Wildman–Crippen LogP) is 1.92. The lowest BCUT2D eigenvalue weighted by Gasteiger charge is -2.18. The van der Waals surface area contributed by atoms with Crippen LogP contribution in [0.25, 0.3) is 0 Å². The molecule has 0 saturated heterocycles. The number of alkyl halides is 1. The van der Waals surface area contributed by atoms with Crippen LogP contribution >= 0.6 is 15.9 Å². The third kappa shape index (κ3) is 3.74. The molecule has 0 spiro atoms. The topological polar surface area (TPSA) is 63.6 Å². The van der Waals surface area contributed by atoms with Crippen LogP contribution in [0.1, 0.15) is 6.92 Å². The normalized spacial score (nSPS) is 15.3. The van der Waals surface area contributed by atoms with E-state index in [9.17, 15) is 12.8 Å². The van der Waals surface area contributed by atoms with Crippen LogP contribution in [0.2, 0.25) is 0 Å². The van der Waals surface area contributed by atoms with Crippen molar-refractivity contribution in [1.82, 2.24) is 0 Å². The lowest BCUT2D eigenvalue weighted by atomic mass is 10.4. The number of hydrogen-bond acceptors (Lipinski definition) is 4. The molecule has 0 saturated carbocycles. The zero-order chi connectivity index (χ0) is 13.8. The van der Waals surface area contributed by atoms with Gasteiger partial charge in [-0.2, -0.15) is 0 Å². The number of rotatable bonds is 6. The summed E-state index contributed by atoms with van der Waals surface area (Å²) in [5.41, 5.74) is -1.22. The van der Waals surface area contributed by atoms with Crippen molar-refractivity contribution in [1.29, 1.82) is 0 Å². The monoisotopic (exact) mass is 340 g/mol. The molecule has 18 heavy (non-hydrogen) atoms. The number of halogens is 2. The number of benzene rings is 1. The maximum absolute atomic E-state index is 12.4. The van der Waals surface area contributed by atoms with Gasteiger partial charge >= 0.3 is 0 Å². The first-order valence-electron chi connectivity index (χ1n) is 5.23. The Hall–Kier alpha value is -0.500. The highest BCUT2D eigenvalue weighted by atomic mass is 79.9. The van der Waals surface area contributed by atoms with Gasteiger partial charge in [-0.3, -0.25) is 0 Å². The Labute approximate surface area is 114 Å². The third-order valence-electron chi connectivity index (χ3n) is 2.34. The summed E-state index contributed by atoms with van der Waals surface area (Å²) in [6, 6.07) is 6.06. The lowest BCUT2D eigenvalue weighted by Crippen LogP contribution is -2.30. The smallest absolute Gasteiger partial charge is 0.204 e. The maximum atomic E-state index is 12.4. The van der Waals surface area contributed by atoms with Gasteiger partial charge in [0.15, 0.2) is 5.44 Å². The minimum atomic E-state index is -3.69. The SMILES string of the molecule is CC(OC(CO)CF)S(=O)(=O)c1ccc(Br)cc1. The highest BCUT2D eigenvalue weighted by Crippen LogP contribution is 2.20. The number of hydrogen-bond donors (Lipinski definition) is 1. The molecule has 0 bridgehead atoms. The van der Waals surface area contributed by atoms with Crippen molar-refractivity contribution in [2.24, 2.45) is 0 Å². The fourth-order valence-corrected chi connectivity index (χ4v) is 2.75. The van der Waals surface area contributed by atoms with Crippen molar-refractivity contribution in [3.63, 3.8) is 0 Å².